The zero-order valence-electron chi connectivity index (χ0n) is 10.4. The lowest BCUT2D eigenvalue weighted by atomic mass is 10.4. The van der Waals surface area contributed by atoms with Gasteiger partial charge >= 0.3 is 5.97 Å². The summed E-state index contributed by atoms with van der Waals surface area (Å²) in [6.07, 6.45) is 4.72. The third-order valence-corrected chi connectivity index (χ3v) is 2.59. The van der Waals surface area contributed by atoms with Crippen molar-refractivity contribution in [3.63, 3.8) is 0 Å². The van der Waals surface area contributed by atoms with E-state index < -0.39 is 5.97 Å². The third-order valence-electron chi connectivity index (χ3n) is 2.59. The van der Waals surface area contributed by atoms with Crippen molar-refractivity contribution >= 4 is 17.6 Å². The maximum Gasteiger partial charge on any atom is 0.325 e. The van der Waals surface area contributed by atoms with Crippen molar-refractivity contribution in [1.82, 2.24) is 14.3 Å². The van der Waals surface area contributed by atoms with Crippen LogP contribution >= 0.6 is 0 Å². The average molecular weight is 262 g/mol. The second kappa shape index (κ2) is 5.38. The summed E-state index contributed by atoms with van der Waals surface area (Å²) in [5.74, 6) is -1.23. The fourth-order valence-electron chi connectivity index (χ4n) is 1.74. The summed E-state index contributed by atoms with van der Waals surface area (Å²) >= 11 is 0. The molecule has 2 heterocycles. The van der Waals surface area contributed by atoms with Gasteiger partial charge in [-0.15, -0.1) is 0 Å². The van der Waals surface area contributed by atoms with Crippen LogP contribution in [-0.2, 0) is 17.9 Å². The van der Waals surface area contributed by atoms with Gasteiger partial charge < -0.3 is 15.0 Å². The molecule has 7 nitrogen and oxygen atoms in total. The molecule has 0 aliphatic rings. The molecular weight excluding hydrogens is 248 g/mol. The molecule has 19 heavy (non-hydrogen) atoms. The Labute approximate surface area is 109 Å². The first-order chi connectivity index (χ1) is 9.10. The molecule has 0 atom stereocenters. The Hall–Kier alpha value is -2.57. The van der Waals surface area contributed by atoms with Crippen molar-refractivity contribution in [3.8, 4) is 0 Å². The number of carboxylic acids is 1. The lowest BCUT2D eigenvalue weighted by molar-refractivity contribution is -0.137. The summed E-state index contributed by atoms with van der Waals surface area (Å²) in [5.41, 5.74) is 1.02. The minimum Gasteiger partial charge on any atom is -0.480 e. The number of carbonyl (C=O) groups excluding carboxylic acids is 1. The van der Waals surface area contributed by atoms with Gasteiger partial charge in [0.25, 0.3) is 5.91 Å². The van der Waals surface area contributed by atoms with E-state index >= 15 is 0 Å². The van der Waals surface area contributed by atoms with E-state index in [9.17, 15) is 9.59 Å². The highest BCUT2D eigenvalue weighted by Crippen LogP contribution is 2.09. The highest BCUT2D eigenvalue weighted by molar-refractivity contribution is 6.03. The van der Waals surface area contributed by atoms with Gasteiger partial charge in [-0.1, -0.05) is 0 Å². The van der Waals surface area contributed by atoms with E-state index in [1.165, 1.54) is 17.1 Å². The molecule has 0 spiro atoms. The first kappa shape index (κ1) is 12.9. The Kier molecular flexibility index (Phi) is 3.65. The number of nitrogens with zero attached hydrogens (tertiary/aromatic N) is 3. The van der Waals surface area contributed by atoms with E-state index in [-0.39, 0.29) is 12.5 Å². The van der Waals surface area contributed by atoms with E-state index in [1.54, 1.807) is 12.1 Å². The first-order valence-corrected chi connectivity index (χ1v) is 5.81. The maximum atomic E-state index is 12.0. The summed E-state index contributed by atoms with van der Waals surface area (Å²) < 4.78 is 3.06. The van der Waals surface area contributed by atoms with Gasteiger partial charge in [-0.3, -0.25) is 14.3 Å². The first-order valence-electron chi connectivity index (χ1n) is 5.81. The number of aromatic nitrogens is 3. The van der Waals surface area contributed by atoms with Gasteiger partial charge in [-0.25, -0.2) is 0 Å². The molecule has 1 amide bonds. The number of carbonyl (C=O) groups is 2. The molecule has 0 unspecified atom stereocenters. The van der Waals surface area contributed by atoms with Gasteiger partial charge in [-0.05, 0) is 19.1 Å². The van der Waals surface area contributed by atoms with Crippen molar-refractivity contribution in [3.05, 3.63) is 36.4 Å². The van der Waals surface area contributed by atoms with E-state index in [1.807, 2.05) is 17.7 Å². The normalized spacial score (nSPS) is 10.4. The Bertz CT molecular complexity index is 600. The van der Waals surface area contributed by atoms with E-state index in [2.05, 4.69) is 10.4 Å². The standard InChI is InChI=1S/C12H14N4O3/c1-2-15-5-3-4-10(15)12(19)14-9-6-13-16(7-9)8-11(17)18/h3-7H,2,8H2,1H3,(H,14,19)(H,17,18). The Morgan fingerprint density at radius 3 is 2.95 bits per heavy atom. The lowest BCUT2D eigenvalue weighted by Crippen LogP contribution is -2.16. The number of amides is 1. The summed E-state index contributed by atoms with van der Waals surface area (Å²) in [5, 5.41) is 15.1. The molecule has 2 aromatic heterocycles. The van der Waals surface area contributed by atoms with Crippen molar-refractivity contribution in [2.75, 3.05) is 5.32 Å². The van der Waals surface area contributed by atoms with Gasteiger partial charge in [0, 0.05) is 18.9 Å². The molecule has 0 saturated heterocycles. The molecule has 0 aromatic carbocycles. The van der Waals surface area contributed by atoms with Crippen LogP contribution in [-0.4, -0.2) is 31.3 Å². The van der Waals surface area contributed by atoms with Crippen LogP contribution < -0.4 is 5.32 Å². The van der Waals surface area contributed by atoms with Gasteiger partial charge in [0.1, 0.15) is 12.2 Å². The number of nitrogens with one attached hydrogen (secondary N) is 1. The number of rotatable bonds is 5. The van der Waals surface area contributed by atoms with Crippen molar-refractivity contribution < 1.29 is 14.7 Å². The van der Waals surface area contributed by atoms with Crippen LogP contribution in [0, 0.1) is 0 Å². The zero-order valence-corrected chi connectivity index (χ0v) is 10.4. The molecule has 0 radical (unpaired) electrons. The molecule has 2 rings (SSSR count). The number of anilines is 1. The fraction of sp³-hybridized carbons (Fsp3) is 0.250. The van der Waals surface area contributed by atoms with Gasteiger partial charge in [0.15, 0.2) is 0 Å². The van der Waals surface area contributed by atoms with Crippen LogP contribution in [0.15, 0.2) is 30.7 Å². The molecule has 0 bridgehead atoms. The van der Waals surface area contributed by atoms with E-state index in [0.29, 0.717) is 17.9 Å². The Morgan fingerprint density at radius 1 is 1.47 bits per heavy atom. The van der Waals surface area contributed by atoms with Crippen LogP contribution in [0.3, 0.4) is 0 Å². The summed E-state index contributed by atoms with van der Waals surface area (Å²) in [6, 6.07) is 3.52. The minimum atomic E-state index is -0.985. The zero-order chi connectivity index (χ0) is 13.8. The fourth-order valence-corrected chi connectivity index (χ4v) is 1.74. The van der Waals surface area contributed by atoms with Crippen molar-refractivity contribution in [2.24, 2.45) is 0 Å². The molecule has 0 fully saturated rings. The molecular formula is C12H14N4O3. The largest absolute Gasteiger partial charge is 0.480 e. The van der Waals surface area contributed by atoms with Crippen LogP contribution in [0.1, 0.15) is 17.4 Å². The molecule has 0 aliphatic heterocycles. The number of hydrogen-bond acceptors (Lipinski definition) is 3. The highest BCUT2D eigenvalue weighted by atomic mass is 16.4. The summed E-state index contributed by atoms with van der Waals surface area (Å²) in [7, 11) is 0. The third kappa shape index (κ3) is 3.01. The predicted octanol–water partition coefficient (Wildman–Crippen LogP) is 1.04. The molecule has 2 aromatic rings. The average Bonchev–Trinajstić information content (AvgIpc) is 2.96. The van der Waals surface area contributed by atoms with Gasteiger partial charge in [-0.2, -0.15) is 5.10 Å². The number of hydrogen-bond donors (Lipinski definition) is 2. The van der Waals surface area contributed by atoms with Crippen LogP contribution in [0.4, 0.5) is 5.69 Å². The predicted molar refractivity (Wildman–Crippen MR) is 67.9 cm³/mol. The number of aryl methyl sites for hydroxylation is 1. The monoisotopic (exact) mass is 262 g/mol. The maximum absolute atomic E-state index is 12.0. The molecule has 7 heteroatoms. The Morgan fingerprint density at radius 2 is 2.26 bits per heavy atom. The number of aliphatic carboxylic acids is 1. The highest BCUT2D eigenvalue weighted by Gasteiger charge is 2.11. The molecule has 2 N–H and O–H groups in total. The van der Waals surface area contributed by atoms with E-state index in [0.717, 1.165) is 0 Å². The second-order valence-electron chi connectivity index (χ2n) is 3.95. The van der Waals surface area contributed by atoms with Crippen LogP contribution in [0.25, 0.3) is 0 Å². The second-order valence-corrected chi connectivity index (χ2v) is 3.95. The summed E-state index contributed by atoms with van der Waals surface area (Å²) in [4.78, 5) is 22.5. The van der Waals surface area contributed by atoms with Crippen LogP contribution in [0.2, 0.25) is 0 Å². The smallest absolute Gasteiger partial charge is 0.325 e. The van der Waals surface area contributed by atoms with Gasteiger partial charge in [0.05, 0.1) is 11.9 Å². The lowest BCUT2D eigenvalue weighted by Gasteiger charge is -2.05. The molecule has 0 aliphatic carbocycles. The minimum absolute atomic E-state index is 0.235. The molecule has 0 saturated carbocycles. The van der Waals surface area contributed by atoms with Crippen molar-refractivity contribution in [2.45, 2.75) is 20.0 Å². The topological polar surface area (TPSA) is 89.2 Å². The quantitative estimate of drug-likeness (QED) is 0.842. The Balaban J connectivity index is 2.07. The number of carboxylic acid groups (broad SMARTS) is 1. The van der Waals surface area contributed by atoms with Crippen molar-refractivity contribution in [1.29, 1.82) is 0 Å². The summed E-state index contributed by atoms with van der Waals surface area (Å²) in [6.45, 7) is 2.41. The molecule has 100 valence electrons. The van der Waals surface area contributed by atoms with Crippen LogP contribution in [0.5, 0.6) is 0 Å². The van der Waals surface area contributed by atoms with Gasteiger partial charge in [0.2, 0.25) is 0 Å². The SMILES string of the molecule is CCn1cccc1C(=O)Nc1cnn(CC(=O)O)c1. The van der Waals surface area contributed by atoms with E-state index in [4.69, 9.17) is 5.11 Å².